The van der Waals surface area contributed by atoms with Gasteiger partial charge < -0.3 is 19.2 Å². The van der Waals surface area contributed by atoms with Gasteiger partial charge in [0.1, 0.15) is 18.1 Å². The van der Waals surface area contributed by atoms with Crippen LogP contribution in [0.2, 0.25) is 0 Å². The van der Waals surface area contributed by atoms with E-state index < -0.39 is 0 Å². The lowest BCUT2D eigenvalue weighted by Crippen LogP contribution is -2.35. The summed E-state index contributed by atoms with van der Waals surface area (Å²) in [6.45, 7) is 8.52. The maximum Gasteiger partial charge on any atom is 0.291 e. The summed E-state index contributed by atoms with van der Waals surface area (Å²) in [6, 6.07) is 17.4. The summed E-state index contributed by atoms with van der Waals surface area (Å²) in [7, 11) is 0. The topological polar surface area (TPSA) is 63.9 Å². The Labute approximate surface area is 182 Å². The fourth-order valence-electron chi connectivity index (χ4n) is 3.71. The quantitative estimate of drug-likeness (QED) is 0.607. The van der Waals surface area contributed by atoms with E-state index in [9.17, 15) is 4.79 Å². The summed E-state index contributed by atoms with van der Waals surface area (Å²) >= 11 is 0. The number of aryl methyl sites for hydroxylation is 2. The molecule has 1 aromatic heterocycles. The molecule has 0 atom stereocenters. The van der Waals surface area contributed by atoms with E-state index >= 15 is 0 Å². The molecule has 0 unspecified atom stereocenters. The Morgan fingerprint density at radius 2 is 1.77 bits per heavy atom. The number of hydrogen-bond donors (Lipinski definition) is 1. The zero-order chi connectivity index (χ0) is 21.6. The highest BCUT2D eigenvalue weighted by molar-refractivity contribution is 6.02. The van der Waals surface area contributed by atoms with Gasteiger partial charge in [0.2, 0.25) is 0 Å². The molecule has 1 aliphatic heterocycles. The molecule has 4 rings (SSSR count). The van der Waals surface area contributed by atoms with Gasteiger partial charge in [-0.25, -0.2) is 0 Å². The molecule has 0 saturated carbocycles. The molecule has 3 aromatic rings. The molecule has 31 heavy (non-hydrogen) atoms. The minimum atomic E-state index is -0.276. The van der Waals surface area contributed by atoms with Crippen LogP contribution in [0.25, 0.3) is 0 Å². The SMILES string of the molecule is Cc1cccc(C)c1OCc1ccc(C(=O)Nc2cccc(CN3CCOCC3)c2)o1. The zero-order valence-corrected chi connectivity index (χ0v) is 18.0. The highest BCUT2D eigenvalue weighted by Gasteiger charge is 2.14. The molecule has 1 fully saturated rings. The van der Waals surface area contributed by atoms with E-state index in [1.54, 1.807) is 12.1 Å². The average Bonchev–Trinajstić information content (AvgIpc) is 3.24. The molecule has 0 radical (unpaired) electrons. The van der Waals surface area contributed by atoms with Crippen LogP contribution in [0, 0.1) is 13.8 Å². The Kier molecular flexibility index (Phi) is 6.70. The van der Waals surface area contributed by atoms with Gasteiger partial charge in [0.05, 0.1) is 13.2 Å². The number of furan rings is 1. The number of para-hydroxylation sites is 1. The summed E-state index contributed by atoms with van der Waals surface area (Å²) in [5.74, 6) is 1.44. The van der Waals surface area contributed by atoms with Crippen molar-refractivity contribution in [3.63, 3.8) is 0 Å². The third-order valence-corrected chi connectivity index (χ3v) is 5.35. The first-order valence-corrected chi connectivity index (χ1v) is 10.6. The normalized spacial score (nSPS) is 14.4. The number of anilines is 1. The lowest BCUT2D eigenvalue weighted by molar-refractivity contribution is 0.0342. The number of nitrogens with zero attached hydrogens (tertiary/aromatic N) is 1. The fourth-order valence-corrected chi connectivity index (χ4v) is 3.71. The van der Waals surface area contributed by atoms with Gasteiger partial charge >= 0.3 is 0 Å². The van der Waals surface area contributed by atoms with Crippen molar-refractivity contribution in [2.45, 2.75) is 27.0 Å². The van der Waals surface area contributed by atoms with Crippen molar-refractivity contribution in [1.29, 1.82) is 0 Å². The molecule has 2 heterocycles. The van der Waals surface area contributed by atoms with Gasteiger partial charge in [-0.3, -0.25) is 9.69 Å². The predicted octanol–water partition coefficient (Wildman–Crippen LogP) is 4.56. The maximum absolute atomic E-state index is 12.6. The minimum absolute atomic E-state index is 0.263. The van der Waals surface area contributed by atoms with Gasteiger partial charge in [-0.1, -0.05) is 30.3 Å². The van der Waals surface area contributed by atoms with Crippen LogP contribution >= 0.6 is 0 Å². The van der Waals surface area contributed by atoms with E-state index in [0.717, 1.165) is 61.0 Å². The molecule has 1 aliphatic rings. The van der Waals surface area contributed by atoms with Gasteiger partial charge in [-0.05, 0) is 54.8 Å². The third kappa shape index (κ3) is 5.54. The average molecular weight is 421 g/mol. The van der Waals surface area contributed by atoms with E-state index in [0.29, 0.717) is 5.76 Å². The van der Waals surface area contributed by atoms with Gasteiger partial charge in [0.15, 0.2) is 5.76 Å². The van der Waals surface area contributed by atoms with Crippen LogP contribution in [0.4, 0.5) is 5.69 Å². The summed E-state index contributed by atoms with van der Waals surface area (Å²) in [6.07, 6.45) is 0. The molecular weight excluding hydrogens is 392 g/mol. The van der Waals surface area contributed by atoms with Crippen LogP contribution in [0.5, 0.6) is 5.75 Å². The maximum atomic E-state index is 12.6. The fraction of sp³-hybridized carbons (Fsp3) is 0.320. The monoisotopic (exact) mass is 420 g/mol. The highest BCUT2D eigenvalue weighted by atomic mass is 16.5. The Hall–Kier alpha value is -3.09. The molecule has 6 heteroatoms. The predicted molar refractivity (Wildman–Crippen MR) is 119 cm³/mol. The molecule has 0 bridgehead atoms. The van der Waals surface area contributed by atoms with E-state index in [1.165, 1.54) is 0 Å². The second-order valence-electron chi connectivity index (χ2n) is 7.82. The van der Waals surface area contributed by atoms with Crippen LogP contribution in [-0.4, -0.2) is 37.1 Å². The number of benzene rings is 2. The molecule has 1 N–H and O–H groups in total. The molecule has 1 saturated heterocycles. The van der Waals surface area contributed by atoms with Gasteiger partial charge in [0.25, 0.3) is 5.91 Å². The second-order valence-corrected chi connectivity index (χ2v) is 7.82. The number of rotatable bonds is 7. The van der Waals surface area contributed by atoms with Crippen molar-refractivity contribution in [2.75, 3.05) is 31.6 Å². The largest absolute Gasteiger partial charge is 0.485 e. The van der Waals surface area contributed by atoms with Crippen molar-refractivity contribution in [1.82, 2.24) is 4.90 Å². The van der Waals surface area contributed by atoms with Crippen molar-refractivity contribution in [3.8, 4) is 5.75 Å². The number of hydrogen-bond acceptors (Lipinski definition) is 5. The number of carbonyl (C=O) groups is 1. The minimum Gasteiger partial charge on any atom is -0.485 e. The molecule has 2 aromatic carbocycles. The van der Waals surface area contributed by atoms with Crippen molar-refractivity contribution in [3.05, 3.63) is 82.8 Å². The summed E-state index contributed by atoms with van der Waals surface area (Å²) in [5.41, 5.74) is 4.05. The molecule has 162 valence electrons. The Morgan fingerprint density at radius 3 is 2.55 bits per heavy atom. The summed E-state index contributed by atoms with van der Waals surface area (Å²) < 4.78 is 17.0. The Balaban J connectivity index is 1.35. The number of amides is 1. The first-order valence-electron chi connectivity index (χ1n) is 10.6. The molecular formula is C25H28N2O4. The van der Waals surface area contributed by atoms with Crippen LogP contribution in [0.15, 0.2) is 59.0 Å². The lowest BCUT2D eigenvalue weighted by Gasteiger charge is -2.26. The number of carbonyl (C=O) groups excluding carboxylic acids is 1. The zero-order valence-electron chi connectivity index (χ0n) is 18.0. The van der Waals surface area contributed by atoms with Crippen molar-refractivity contribution in [2.24, 2.45) is 0 Å². The van der Waals surface area contributed by atoms with Crippen LogP contribution in [0.3, 0.4) is 0 Å². The smallest absolute Gasteiger partial charge is 0.291 e. The number of nitrogens with one attached hydrogen (secondary N) is 1. The first kappa shape index (κ1) is 21.2. The standard InChI is InChI=1S/C25H28N2O4/c1-18-5-3-6-19(2)24(18)30-17-22-9-10-23(31-22)25(28)26-21-8-4-7-20(15-21)16-27-11-13-29-14-12-27/h3-10,15H,11-14,16-17H2,1-2H3,(H,26,28). The van der Waals surface area contributed by atoms with E-state index in [4.69, 9.17) is 13.9 Å². The third-order valence-electron chi connectivity index (χ3n) is 5.35. The van der Waals surface area contributed by atoms with E-state index in [2.05, 4.69) is 16.3 Å². The number of ether oxygens (including phenoxy) is 2. The van der Waals surface area contributed by atoms with Crippen molar-refractivity contribution < 1.29 is 18.7 Å². The van der Waals surface area contributed by atoms with Gasteiger partial charge in [-0.2, -0.15) is 0 Å². The van der Waals surface area contributed by atoms with Crippen LogP contribution in [-0.2, 0) is 17.9 Å². The van der Waals surface area contributed by atoms with Gasteiger partial charge in [0, 0.05) is 25.3 Å². The van der Waals surface area contributed by atoms with Crippen molar-refractivity contribution >= 4 is 11.6 Å². The number of morpholine rings is 1. The Bertz CT molecular complexity index is 1020. The van der Waals surface area contributed by atoms with Crippen LogP contribution in [0.1, 0.15) is 33.0 Å². The molecule has 6 nitrogen and oxygen atoms in total. The second kappa shape index (κ2) is 9.81. The summed E-state index contributed by atoms with van der Waals surface area (Å²) in [4.78, 5) is 15.0. The molecule has 1 amide bonds. The molecule has 0 aliphatic carbocycles. The van der Waals surface area contributed by atoms with Crippen LogP contribution < -0.4 is 10.1 Å². The van der Waals surface area contributed by atoms with Gasteiger partial charge in [-0.15, -0.1) is 0 Å². The lowest BCUT2D eigenvalue weighted by atomic mass is 10.1. The summed E-state index contributed by atoms with van der Waals surface area (Å²) in [5, 5.41) is 2.92. The van der Waals surface area contributed by atoms with E-state index in [1.807, 2.05) is 50.2 Å². The Morgan fingerprint density at radius 1 is 1.03 bits per heavy atom. The molecule has 0 spiro atoms. The van der Waals surface area contributed by atoms with E-state index in [-0.39, 0.29) is 18.3 Å². The first-order chi connectivity index (χ1) is 15.1. The highest BCUT2D eigenvalue weighted by Crippen LogP contribution is 2.24.